The molecule has 0 aliphatic carbocycles. The third-order valence-corrected chi connectivity index (χ3v) is 2.30. The molecule has 0 saturated heterocycles. The van der Waals surface area contributed by atoms with Crippen molar-refractivity contribution in [3.8, 4) is 0 Å². The van der Waals surface area contributed by atoms with Crippen LogP contribution in [0, 0.1) is 0 Å². The van der Waals surface area contributed by atoms with Crippen LogP contribution < -0.4 is 0 Å². The summed E-state index contributed by atoms with van der Waals surface area (Å²) in [5.41, 5.74) is 0.567. The molecule has 0 saturated carbocycles. The maximum absolute atomic E-state index is 12.1. The molecule has 0 aliphatic heterocycles. The van der Waals surface area contributed by atoms with Gasteiger partial charge in [-0.05, 0) is 6.07 Å². The summed E-state index contributed by atoms with van der Waals surface area (Å²) in [6.07, 6.45) is 3.82. The summed E-state index contributed by atoms with van der Waals surface area (Å²) in [4.78, 5) is 13.6. The zero-order chi connectivity index (χ0) is 12.0. The molecule has 0 atom stereocenters. The van der Waals surface area contributed by atoms with E-state index in [0.29, 0.717) is 30.8 Å². The van der Waals surface area contributed by atoms with Gasteiger partial charge in [-0.2, -0.15) is 0 Å². The molecule has 16 heavy (non-hydrogen) atoms. The van der Waals surface area contributed by atoms with E-state index in [2.05, 4.69) is 6.58 Å². The van der Waals surface area contributed by atoms with Gasteiger partial charge in [0.15, 0.2) is 0 Å². The number of aliphatic hydroxyl groups excluding tert-OH is 1. The minimum absolute atomic E-state index is 0.0567. The van der Waals surface area contributed by atoms with Crippen molar-refractivity contribution in [2.24, 2.45) is 0 Å². The lowest BCUT2D eigenvalue weighted by molar-refractivity contribution is 0.0740. The summed E-state index contributed by atoms with van der Waals surface area (Å²) in [5, 5.41) is 8.88. The number of carbonyl (C=O) groups excluding carboxylic acids is 1. The van der Waals surface area contributed by atoms with Gasteiger partial charge in [0.2, 0.25) is 0 Å². The van der Waals surface area contributed by atoms with Gasteiger partial charge in [-0.1, -0.05) is 13.0 Å². The minimum Gasteiger partial charge on any atom is -0.469 e. The van der Waals surface area contributed by atoms with Gasteiger partial charge in [0.05, 0.1) is 18.4 Å². The topological polar surface area (TPSA) is 53.7 Å². The number of rotatable bonds is 6. The van der Waals surface area contributed by atoms with Gasteiger partial charge in [-0.25, -0.2) is 0 Å². The Labute approximate surface area is 95.2 Å². The van der Waals surface area contributed by atoms with Crippen LogP contribution in [0.5, 0.6) is 0 Å². The fourth-order valence-corrected chi connectivity index (χ4v) is 1.53. The van der Waals surface area contributed by atoms with Crippen molar-refractivity contribution in [3.63, 3.8) is 0 Å². The van der Waals surface area contributed by atoms with E-state index in [-0.39, 0.29) is 12.5 Å². The van der Waals surface area contributed by atoms with E-state index in [1.54, 1.807) is 12.1 Å². The summed E-state index contributed by atoms with van der Waals surface area (Å²) < 4.78 is 5.21. The van der Waals surface area contributed by atoms with E-state index in [0.717, 1.165) is 0 Å². The molecule has 0 bridgehead atoms. The van der Waals surface area contributed by atoms with Crippen LogP contribution in [0.15, 0.2) is 29.4 Å². The second-order valence-corrected chi connectivity index (χ2v) is 3.37. The quantitative estimate of drug-likeness (QED) is 0.743. The van der Waals surface area contributed by atoms with Crippen LogP contribution in [0.25, 0.3) is 0 Å². The highest BCUT2D eigenvalue weighted by Gasteiger charge is 2.18. The molecule has 1 amide bonds. The molecule has 88 valence electrons. The SMILES string of the molecule is C=CCN(CCO)C(=O)c1ccoc1CC. The predicted octanol–water partition coefficient (Wildman–Crippen LogP) is 1.46. The highest BCUT2D eigenvalue weighted by atomic mass is 16.3. The summed E-state index contributed by atoms with van der Waals surface area (Å²) in [6, 6.07) is 1.66. The van der Waals surface area contributed by atoms with E-state index in [1.165, 1.54) is 11.2 Å². The highest BCUT2D eigenvalue weighted by molar-refractivity contribution is 5.95. The molecular weight excluding hydrogens is 206 g/mol. The molecule has 0 unspecified atom stereocenters. The van der Waals surface area contributed by atoms with Crippen molar-refractivity contribution < 1.29 is 14.3 Å². The number of nitrogens with zero attached hydrogens (tertiary/aromatic N) is 1. The van der Waals surface area contributed by atoms with Gasteiger partial charge in [-0.15, -0.1) is 6.58 Å². The van der Waals surface area contributed by atoms with Crippen molar-refractivity contribution in [1.29, 1.82) is 0 Å². The molecule has 1 aromatic heterocycles. The standard InChI is InChI=1S/C12H17NO3/c1-3-6-13(7-8-14)12(15)10-5-9-16-11(10)4-2/h3,5,9,14H,1,4,6-8H2,2H3. The number of hydrogen-bond donors (Lipinski definition) is 1. The predicted molar refractivity (Wildman–Crippen MR) is 61.3 cm³/mol. The van der Waals surface area contributed by atoms with Crippen molar-refractivity contribution in [2.45, 2.75) is 13.3 Å². The lowest BCUT2D eigenvalue weighted by Gasteiger charge is -2.19. The van der Waals surface area contributed by atoms with Crippen LogP contribution in [-0.4, -0.2) is 35.6 Å². The summed E-state index contributed by atoms with van der Waals surface area (Å²) in [7, 11) is 0. The minimum atomic E-state index is -0.125. The Hall–Kier alpha value is -1.55. The van der Waals surface area contributed by atoms with Gasteiger partial charge >= 0.3 is 0 Å². The first kappa shape index (κ1) is 12.5. The zero-order valence-electron chi connectivity index (χ0n) is 9.48. The van der Waals surface area contributed by atoms with Gasteiger partial charge in [0.25, 0.3) is 5.91 Å². The van der Waals surface area contributed by atoms with Crippen LogP contribution >= 0.6 is 0 Å². The monoisotopic (exact) mass is 223 g/mol. The van der Waals surface area contributed by atoms with Crippen LogP contribution in [0.2, 0.25) is 0 Å². The van der Waals surface area contributed by atoms with E-state index in [1.807, 2.05) is 6.92 Å². The normalized spacial score (nSPS) is 10.1. The van der Waals surface area contributed by atoms with Crippen LogP contribution in [0.1, 0.15) is 23.0 Å². The first-order chi connectivity index (χ1) is 7.74. The van der Waals surface area contributed by atoms with Gasteiger partial charge in [-0.3, -0.25) is 4.79 Å². The van der Waals surface area contributed by atoms with E-state index < -0.39 is 0 Å². The highest BCUT2D eigenvalue weighted by Crippen LogP contribution is 2.13. The Bertz CT molecular complexity index is 357. The summed E-state index contributed by atoms with van der Waals surface area (Å²) in [6.45, 7) is 6.19. The molecule has 1 heterocycles. The number of aliphatic hydroxyl groups is 1. The summed E-state index contributed by atoms with van der Waals surface area (Å²) >= 11 is 0. The second-order valence-electron chi connectivity index (χ2n) is 3.37. The Kier molecular flexibility index (Phi) is 4.79. The number of carbonyl (C=O) groups is 1. The van der Waals surface area contributed by atoms with Gasteiger partial charge in [0.1, 0.15) is 5.76 Å². The zero-order valence-corrected chi connectivity index (χ0v) is 9.48. The number of furan rings is 1. The fraction of sp³-hybridized carbons (Fsp3) is 0.417. The Morgan fingerprint density at radius 2 is 2.44 bits per heavy atom. The second kappa shape index (κ2) is 6.12. The molecule has 0 fully saturated rings. The average Bonchev–Trinajstić information content (AvgIpc) is 2.75. The van der Waals surface area contributed by atoms with Crippen molar-refractivity contribution in [2.75, 3.05) is 19.7 Å². The maximum atomic E-state index is 12.1. The lowest BCUT2D eigenvalue weighted by Crippen LogP contribution is -2.33. The molecule has 4 nitrogen and oxygen atoms in total. The smallest absolute Gasteiger partial charge is 0.257 e. The summed E-state index contributed by atoms with van der Waals surface area (Å²) in [5.74, 6) is 0.552. The third-order valence-electron chi connectivity index (χ3n) is 2.30. The lowest BCUT2D eigenvalue weighted by atomic mass is 10.2. The molecule has 1 N–H and O–H groups in total. The largest absolute Gasteiger partial charge is 0.469 e. The number of aryl methyl sites for hydroxylation is 1. The third kappa shape index (κ3) is 2.73. The Morgan fingerprint density at radius 3 is 3.00 bits per heavy atom. The van der Waals surface area contributed by atoms with Crippen molar-refractivity contribution >= 4 is 5.91 Å². The molecule has 0 aliphatic rings. The van der Waals surface area contributed by atoms with Crippen molar-refractivity contribution in [3.05, 3.63) is 36.3 Å². The molecule has 0 radical (unpaired) electrons. The molecule has 0 spiro atoms. The van der Waals surface area contributed by atoms with E-state index in [4.69, 9.17) is 9.52 Å². The maximum Gasteiger partial charge on any atom is 0.257 e. The van der Waals surface area contributed by atoms with Crippen molar-refractivity contribution in [1.82, 2.24) is 4.90 Å². The van der Waals surface area contributed by atoms with Crippen LogP contribution in [0.3, 0.4) is 0 Å². The van der Waals surface area contributed by atoms with Gasteiger partial charge in [0, 0.05) is 19.5 Å². The molecule has 4 heteroatoms. The Morgan fingerprint density at radius 1 is 1.69 bits per heavy atom. The first-order valence-electron chi connectivity index (χ1n) is 5.32. The van der Waals surface area contributed by atoms with E-state index in [9.17, 15) is 4.79 Å². The fourth-order valence-electron chi connectivity index (χ4n) is 1.53. The molecule has 1 rings (SSSR count). The average molecular weight is 223 g/mol. The molecule has 0 aromatic carbocycles. The van der Waals surface area contributed by atoms with Gasteiger partial charge < -0.3 is 14.4 Å². The van der Waals surface area contributed by atoms with Crippen LogP contribution in [0.4, 0.5) is 0 Å². The van der Waals surface area contributed by atoms with E-state index >= 15 is 0 Å². The first-order valence-corrected chi connectivity index (χ1v) is 5.32. The molecule has 1 aromatic rings. The Balaban J connectivity index is 2.84. The van der Waals surface area contributed by atoms with Crippen LogP contribution in [-0.2, 0) is 6.42 Å². The number of amides is 1. The number of hydrogen-bond acceptors (Lipinski definition) is 3. The molecular formula is C12H17NO3.